The van der Waals surface area contributed by atoms with Crippen LogP contribution in [-0.2, 0) is 23.7 Å². The standard InChI is InChI=1S/C24H40O5/c1-4-13-23(2,3)21(29-22-9-5-6-16-26-22)11-10-19-12-14-24(27-17-18-28-24)20(19)8-7-15-25/h10-11,15,19-22H,4-9,12-14,16-18H2,1-3H3/b11-10+. The van der Waals surface area contributed by atoms with Gasteiger partial charge in [0.05, 0.1) is 19.3 Å². The smallest absolute Gasteiger partial charge is 0.171 e. The number of rotatable bonds is 10. The van der Waals surface area contributed by atoms with E-state index in [1.807, 2.05) is 0 Å². The van der Waals surface area contributed by atoms with Gasteiger partial charge < -0.3 is 23.7 Å². The molecule has 166 valence electrons. The zero-order chi connectivity index (χ0) is 20.7. The maximum Gasteiger partial charge on any atom is 0.171 e. The molecular formula is C24H40O5. The molecule has 1 aliphatic carbocycles. The molecule has 0 aromatic heterocycles. The van der Waals surface area contributed by atoms with Crippen molar-refractivity contribution < 1.29 is 23.7 Å². The Balaban J connectivity index is 1.72. The molecule has 3 aliphatic rings. The minimum absolute atomic E-state index is 0.0132. The second kappa shape index (κ2) is 10.5. The van der Waals surface area contributed by atoms with Crippen LogP contribution in [0.1, 0.15) is 78.6 Å². The lowest BCUT2D eigenvalue weighted by Gasteiger charge is -2.36. The van der Waals surface area contributed by atoms with E-state index in [-0.39, 0.29) is 23.7 Å². The molecule has 2 aliphatic heterocycles. The van der Waals surface area contributed by atoms with Crippen LogP contribution in [0.4, 0.5) is 0 Å². The second-order valence-corrected chi connectivity index (χ2v) is 9.54. The van der Waals surface area contributed by atoms with E-state index in [1.54, 1.807) is 0 Å². The van der Waals surface area contributed by atoms with E-state index in [1.165, 1.54) is 6.42 Å². The van der Waals surface area contributed by atoms with Crippen LogP contribution in [-0.4, -0.2) is 44.3 Å². The average molecular weight is 409 g/mol. The van der Waals surface area contributed by atoms with Crippen LogP contribution in [0.15, 0.2) is 12.2 Å². The summed E-state index contributed by atoms with van der Waals surface area (Å²) in [6.07, 6.45) is 14.3. The summed E-state index contributed by atoms with van der Waals surface area (Å²) in [6, 6.07) is 0. The van der Waals surface area contributed by atoms with Crippen molar-refractivity contribution in [3.05, 3.63) is 12.2 Å². The van der Waals surface area contributed by atoms with Crippen molar-refractivity contribution >= 4 is 6.29 Å². The van der Waals surface area contributed by atoms with E-state index in [0.29, 0.717) is 25.6 Å². The van der Waals surface area contributed by atoms with Crippen LogP contribution >= 0.6 is 0 Å². The highest BCUT2D eigenvalue weighted by Crippen LogP contribution is 2.48. The van der Waals surface area contributed by atoms with E-state index < -0.39 is 5.79 Å². The van der Waals surface area contributed by atoms with Gasteiger partial charge in [0.2, 0.25) is 0 Å². The van der Waals surface area contributed by atoms with Crippen molar-refractivity contribution in [2.75, 3.05) is 19.8 Å². The first kappa shape index (κ1) is 22.9. The van der Waals surface area contributed by atoms with Gasteiger partial charge in [-0.05, 0) is 49.9 Å². The molecule has 0 bridgehead atoms. The third-order valence-corrected chi connectivity index (χ3v) is 6.91. The summed E-state index contributed by atoms with van der Waals surface area (Å²) in [5.74, 6) is 0.0935. The zero-order valence-electron chi connectivity index (χ0n) is 18.6. The third-order valence-electron chi connectivity index (χ3n) is 6.91. The first-order chi connectivity index (χ1) is 14.0. The molecule has 0 N–H and O–H groups in total. The summed E-state index contributed by atoms with van der Waals surface area (Å²) in [4.78, 5) is 11.0. The molecule has 5 heteroatoms. The Morgan fingerprint density at radius 1 is 1.17 bits per heavy atom. The molecule has 2 heterocycles. The largest absolute Gasteiger partial charge is 0.353 e. The molecule has 0 aromatic carbocycles. The summed E-state index contributed by atoms with van der Waals surface area (Å²) in [5.41, 5.74) is 0.0427. The SMILES string of the molecule is CCCC(C)(C)C(/C=C/C1CCC2(OCCO2)C1CCC=O)OC1CCCCO1. The lowest BCUT2D eigenvalue weighted by Crippen LogP contribution is -2.37. The number of carbonyl (C=O) groups excluding carboxylic acids is 1. The molecule has 4 atom stereocenters. The van der Waals surface area contributed by atoms with Crippen LogP contribution < -0.4 is 0 Å². The van der Waals surface area contributed by atoms with Gasteiger partial charge in [-0.25, -0.2) is 0 Å². The predicted octanol–water partition coefficient (Wildman–Crippen LogP) is 5.03. The van der Waals surface area contributed by atoms with E-state index >= 15 is 0 Å². The van der Waals surface area contributed by atoms with Crippen LogP contribution in [0.25, 0.3) is 0 Å². The fraction of sp³-hybridized carbons (Fsp3) is 0.875. The predicted molar refractivity (Wildman–Crippen MR) is 112 cm³/mol. The second-order valence-electron chi connectivity index (χ2n) is 9.54. The Kier molecular flexibility index (Phi) is 8.32. The van der Waals surface area contributed by atoms with Crippen molar-refractivity contribution in [2.24, 2.45) is 17.3 Å². The van der Waals surface area contributed by atoms with Gasteiger partial charge in [-0.15, -0.1) is 0 Å². The number of allylic oxidation sites excluding steroid dienone is 1. The lowest BCUT2D eigenvalue weighted by atomic mass is 9.80. The number of ether oxygens (including phenoxy) is 4. The molecule has 2 saturated heterocycles. The van der Waals surface area contributed by atoms with E-state index in [0.717, 1.165) is 57.8 Å². The Labute approximate surface area is 176 Å². The van der Waals surface area contributed by atoms with Gasteiger partial charge in [-0.1, -0.05) is 39.3 Å². The highest BCUT2D eigenvalue weighted by Gasteiger charge is 2.51. The summed E-state index contributed by atoms with van der Waals surface area (Å²) < 4.78 is 24.4. The maximum atomic E-state index is 11.0. The highest BCUT2D eigenvalue weighted by molar-refractivity contribution is 5.49. The molecule has 4 unspecified atom stereocenters. The van der Waals surface area contributed by atoms with Crippen LogP contribution in [0, 0.1) is 17.3 Å². The number of aldehydes is 1. The van der Waals surface area contributed by atoms with Gasteiger partial charge in [0.25, 0.3) is 0 Å². The average Bonchev–Trinajstić information content (AvgIpc) is 3.32. The van der Waals surface area contributed by atoms with Gasteiger partial charge in [0, 0.05) is 25.4 Å². The molecule has 0 aromatic rings. The van der Waals surface area contributed by atoms with E-state index in [4.69, 9.17) is 18.9 Å². The summed E-state index contributed by atoms with van der Waals surface area (Å²) in [7, 11) is 0. The fourth-order valence-corrected chi connectivity index (χ4v) is 5.32. The van der Waals surface area contributed by atoms with Crippen molar-refractivity contribution in [3.8, 4) is 0 Å². The zero-order valence-corrected chi connectivity index (χ0v) is 18.6. The number of hydrogen-bond donors (Lipinski definition) is 0. The van der Waals surface area contributed by atoms with Gasteiger partial charge in [0.15, 0.2) is 12.1 Å². The van der Waals surface area contributed by atoms with E-state index in [9.17, 15) is 4.79 Å². The van der Waals surface area contributed by atoms with Crippen molar-refractivity contribution in [2.45, 2.75) is 96.7 Å². The minimum atomic E-state index is -0.486. The molecular weight excluding hydrogens is 368 g/mol. The van der Waals surface area contributed by atoms with Crippen molar-refractivity contribution in [1.82, 2.24) is 0 Å². The topological polar surface area (TPSA) is 54.0 Å². The normalized spacial score (nSPS) is 30.9. The van der Waals surface area contributed by atoms with E-state index in [2.05, 4.69) is 32.9 Å². The summed E-state index contributed by atoms with van der Waals surface area (Å²) in [6.45, 7) is 8.91. The van der Waals surface area contributed by atoms with Gasteiger partial charge >= 0.3 is 0 Å². The molecule has 29 heavy (non-hydrogen) atoms. The summed E-state index contributed by atoms with van der Waals surface area (Å²) >= 11 is 0. The Hall–Kier alpha value is -0.750. The maximum absolute atomic E-state index is 11.0. The van der Waals surface area contributed by atoms with Crippen LogP contribution in [0.2, 0.25) is 0 Å². The minimum Gasteiger partial charge on any atom is -0.353 e. The third kappa shape index (κ3) is 5.69. The first-order valence-corrected chi connectivity index (χ1v) is 11.7. The molecule has 3 fully saturated rings. The van der Waals surface area contributed by atoms with Crippen molar-refractivity contribution in [1.29, 1.82) is 0 Å². The lowest BCUT2D eigenvalue weighted by molar-refractivity contribution is -0.198. The molecule has 1 saturated carbocycles. The molecule has 1 spiro atoms. The van der Waals surface area contributed by atoms with Gasteiger partial charge in [-0.3, -0.25) is 0 Å². The van der Waals surface area contributed by atoms with Crippen molar-refractivity contribution in [3.63, 3.8) is 0 Å². The quantitative estimate of drug-likeness (QED) is 0.375. The number of carbonyl (C=O) groups is 1. The van der Waals surface area contributed by atoms with Gasteiger partial charge in [0.1, 0.15) is 6.29 Å². The van der Waals surface area contributed by atoms with Crippen LogP contribution in [0.5, 0.6) is 0 Å². The molecule has 3 rings (SSSR count). The monoisotopic (exact) mass is 408 g/mol. The Morgan fingerprint density at radius 3 is 2.62 bits per heavy atom. The Bertz CT molecular complexity index is 531. The molecule has 5 nitrogen and oxygen atoms in total. The molecule has 0 amide bonds. The van der Waals surface area contributed by atoms with Crippen LogP contribution in [0.3, 0.4) is 0 Å². The Morgan fingerprint density at radius 2 is 1.97 bits per heavy atom. The highest BCUT2D eigenvalue weighted by atomic mass is 16.7. The first-order valence-electron chi connectivity index (χ1n) is 11.7. The van der Waals surface area contributed by atoms with Gasteiger partial charge in [-0.2, -0.15) is 0 Å². The summed E-state index contributed by atoms with van der Waals surface area (Å²) in [5, 5.41) is 0. The number of hydrogen-bond acceptors (Lipinski definition) is 5. The molecule has 0 radical (unpaired) electrons. The fourth-order valence-electron chi connectivity index (χ4n) is 5.32.